The van der Waals surface area contributed by atoms with E-state index >= 15 is 0 Å². The summed E-state index contributed by atoms with van der Waals surface area (Å²) in [5.74, 6) is -0.158. The molecule has 0 saturated carbocycles. The maximum absolute atomic E-state index is 13.1. The third-order valence-corrected chi connectivity index (χ3v) is 5.63. The molecule has 0 unspecified atom stereocenters. The summed E-state index contributed by atoms with van der Waals surface area (Å²) in [6.45, 7) is 2.67. The third-order valence-electron chi connectivity index (χ3n) is 4.69. The van der Waals surface area contributed by atoms with E-state index in [0.717, 1.165) is 35.3 Å². The molecule has 2 aromatic rings. The van der Waals surface area contributed by atoms with E-state index in [9.17, 15) is 9.18 Å². The van der Waals surface area contributed by atoms with E-state index in [1.54, 1.807) is 12.1 Å². The molecular formula is C19H22FNO2S. The molecule has 1 saturated heterocycles. The zero-order valence-corrected chi connectivity index (χ0v) is 14.8. The number of ether oxygens (including phenoxy) is 1. The van der Waals surface area contributed by atoms with Crippen LogP contribution in [0.4, 0.5) is 4.39 Å². The van der Waals surface area contributed by atoms with Crippen LogP contribution in [0.3, 0.4) is 0 Å². The molecule has 0 aliphatic carbocycles. The Kier molecular flexibility index (Phi) is 5.31. The van der Waals surface area contributed by atoms with Crippen LogP contribution in [-0.4, -0.2) is 30.5 Å². The maximum Gasteiger partial charge on any atom is 0.264 e. The second-order valence-electron chi connectivity index (χ2n) is 6.13. The Morgan fingerprint density at radius 3 is 2.79 bits per heavy atom. The highest BCUT2D eigenvalue weighted by atomic mass is 32.1. The summed E-state index contributed by atoms with van der Waals surface area (Å²) in [4.78, 5) is 15.5. The molecule has 1 aliphatic rings. The lowest BCUT2D eigenvalue weighted by Crippen LogP contribution is -2.41. The first-order chi connectivity index (χ1) is 11.6. The maximum atomic E-state index is 13.1. The zero-order valence-electron chi connectivity index (χ0n) is 14.0. The minimum Gasteiger partial charge on any atom is -0.373 e. The van der Waals surface area contributed by atoms with Crippen molar-refractivity contribution in [2.45, 2.75) is 38.3 Å². The van der Waals surface area contributed by atoms with Crippen LogP contribution in [0.15, 0.2) is 35.7 Å². The highest BCUT2D eigenvalue weighted by Gasteiger charge is 2.30. The summed E-state index contributed by atoms with van der Waals surface area (Å²) in [5.41, 5.74) is 2.08. The second-order valence-corrected chi connectivity index (χ2v) is 7.05. The highest BCUT2D eigenvalue weighted by molar-refractivity contribution is 7.12. The standard InChI is InChI=1S/C19H22FNO2S/c1-3-13-9-11-24-18(13)19(22)21(2)16-8-10-23-17(12-16)14-4-6-15(20)7-5-14/h4-7,9,11,16-17H,3,8,10,12H2,1-2H3/t16-,17-/m0/s1. The Morgan fingerprint density at radius 1 is 1.33 bits per heavy atom. The fourth-order valence-electron chi connectivity index (χ4n) is 3.17. The fourth-order valence-corrected chi connectivity index (χ4v) is 4.15. The minimum absolute atomic E-state index is 0.0893. The van der Waals surface area contributed by atoms with E-state index in [-0.39, 0.29) is 23.9 Å². The molecule has 2 atom stereocenters. The quantitative estimate of drug-likeness (QED) is 0.818. The highest BCUT2D eigenvalue weighted by Crippen LogP contribution is 2.31. The monoisotopic (exact) mass is 347 g/mol. The second kappa shape index (κ2) is 7.45. The van der Waals surface area contributed by atoms with Gasteiger partial charge in [-0.1, -0.05) is 19.1 Å². The van der Waals surface area contributed by atoms with Gasteiger partial charge in [0, 0.05) is 19.7 Å². The molecule has 1 aliphatic heterocycles. The molecule has 1 aromatic carbocycles. The van der Waals surface area contributed by atoms with Crippen molar-refractivity contribution >= 4 is 17.2 Å². The van der Waals surface area contributed by atoms with E-state index in [1.807, 2.05) is 23.4 Å². The lowest BCUT2D eigenvalue weighted by Gasteiger charge is -2.35. The number of carbonyl (C=O) groups is 1. The summed E-state index contributed by atoms with van der Waals surface area (Å²) < 4.78 is 18.9. The summed E-state index contributed by atoms with van der Waals surface area (Å²) in [7, 11) is 1.87. The number of thiophene rings is 1. The summed E-state index contributed by atoms with van der Waals surface area (Å²) in [6, 6.07) is 8.59. The Balaban J connectivity index is 1.72. The van der Waals surface area contributed by atoms with Crippen LogP contribution in [-0.2, 0) is 11.2 Å². The lowest BCUT2D eigenvalue weighted by atomic mass is 9.96. The molecule has 1 aromatic heterocycles. The van der Waals surface area contributed by atoms with E-state index in [4.69, 9.17) is 4.74 Å². The summed E-state index contributed by atoms with van der Waals surface area (Å²) >= 11 is 1.51. The number of aryl methyl sites for hydroxylation is 1. The molecule has 5 heteroatoms. The van der Waals surface area contributed by atoms with Gasteiger partial charge in [0.25, 0.3) is 5.91 Å². The van der Waals surface area contributed by atoms with Crippen LogP contribution in [0.2, 0.25) is 0 Å². The van der Waals surface area contributed by atoms with Crippen molar-refractivity contribution in [1.82, 2.24) is 4.90 Å². The average molecular weight is 347 g/mol. The first kappa shape index (κ1) is 17.1. The van der Waals surface area contributed by atoms with Crippen LogP contribution >= 0.6 is 11.3 Å². The number of hydrogen-bond acceptors (Lipinski definition) is 3. The fraction of sp³-hybridized carbons (Fsp3) is 0.421. The van der Waals surface area contributed by atoms with Gasteiger partial charge in [0.15, 0.2) is 0 Å². The molecule has 24 heavy (non-hydrogen) atoms. The first-order valence-electron chi connectivity index (χ1n) is 8.30. The van der Waals surface area contributed by atoms with E-state index in [1.165, 1.54) is 23.5 Å². The van der Waals surface area contributed by atoms with Gasteiger partial charge in [-0.15, -0.1) is 11.3 Å². The summed E-state index contributed by atoms with van der Waals surface area (Å²) in [5, 5.41) is 1.98. The van der Waals surface area contributed by atoms with Crippen molar-refractivity contribution in [3.05, 3.63) is 57.5 Å². The third kappa shape index (κ3) is 3.52. The van der Waals surface area contributed by atoms with Crippen molar-refractivity contribution in [2.75, 3.05) is 13.7 Å². The molecule has 128 valence electrons. The van der Waals surface area contributed by atoms with Crippen LogP contribution in [0, 0.1) is 5.82 Å². The van der Waals surface area contributed by atoms with Gasteiger partial charge < -0.3 is 9.64 Å². The molecular weight excluding hydrogens is 325 g/mol. The molecule has 3 nitrogen and oxygen atoms in total. The Labute approximate surface area is 146 Å². The number of carbonyl (C=O) groups excluding carboxylic acids is 1. The SMILES string of the molecule is CCc1ccsc1C(=O)N(C)[C@H]1CCO[C@H](c2ccc(F)cc2)C1. The smallest absolute Gasteiger partial charge is 0.264 e. The van der Waals surface area contributed by atoms with E-state index in [2.05, 4.69) is 6.92 Å². The van der Waals surface area contributed by atoms with Crippen molar-refractivity contribution < 1.29 is 13.9 Å². The topological polar surface area (TPSA) is 29.5 Å². The van der Waals surface area contributed by atoms with Crippen molar-refractivity contribution in [1.29, 1.82) is 0 Å². The molecule has 3 rings (SSSR count). The molecule has 2 heterocycles. The summed E-state index contributed by atoms with van der Waals surface area (Å²) in [6.07, 6.45) is 2.34. The van der Waals surface area contributed by atoms with Gasteiger partial charge in [0.05, 0.1) is 11.0 Å². The van der Waals surface area contributed by atoms with Crippen molar-refractivity contribution in [3.8, 4) is 0 Å². The molecule has 1 amide bonds. The first-order valence-corrected chi connectivity index (χ1v) is 9.18. The van der Waals surface area contributed by atoms with Crippen LogP contribution in [0.25, 0.3) is 0 Å². The Bertz CT molecular complexity index is 698. The van der Waals surface area contributed by atoms with Gasteiger partial charge in [-0.25, -0.2) is 4.39 Å². The van der Waals surface area contributed by atoms with Gasteiger partial charge in [0.2, 0.25) is 0 Å². The van der Waals surface area contributed by atoms with Gasteiger partial charge in [-0.3, -0.25) is 4.79 Å². The van der Waals surface area contributed by atoms with Crippen LogP contribution in [0.5, 0.6) is 0 Å². The number of rotatable bonds is 4. The van der Waals surface area contributed by atoms with E-state index in [0.29, 0.717) is 6.61 Å². The molecule has 0 N–H and O–H groups in total. The number of hydrogen-bond donors (Lipinski definition) is 0. The van der Waals surface area contributed by atoms with Gasteiger partial charge >= 0.3 is 0 Å². The normalized spacial score (nSPS) is 20.8. The molecule has 0 spiro atoms. The largest absolute Gasteiger partial charge is 0.373 e. The lowest BCUT2D eigenvalue weighted by molar-refractivity contribution is -0.0196. The average Bonchev–Trinajstić information content (AvgIpc) is 3.10. The number of amides is 1. The molecule has 0 radical (unpaired) electrons. The van der Waals surface area contributed by atoms with Crippen LogP contribution < -0.4 is 0 Å². The minimum atomic E-state index is -0.247. The number of benzene rings is 1. The number of nitrogens with zero attached hydrogens (tertiary/aromatic N) is 1. The molecule has 1 fully saturated rings. The van der Waals surface area contributed by atoms with Gasteiger partial charge in [-0.05, 0) is 54.0 Å². The number of halogens is 1. The Morgan fingerprint density at radius 2 is 2.08 bits per heavy atom. The van der Waals surface area contributed by atoms with Crippen molar-refractivity contribution in [3.63, 3.8) is 0 Å². The van der Waals surface area contributed by atoms with Gasteiger partial charge in [-0.2, -0.15) is 0 Å². The Hall–Kier alpha value is -1.72. The predicted molar refractivity (Wildman–Crippen MR) is 93.9 cm³/mol. The zero-order chi connectivity index (χ0) is 17.1. The van der Waals surface area contributed by atoms with Gasteiger partial charge in [0.1, 0.15) is 5.82 Å². The van der Waals surface area contributed by atoms with Crippen molar-refractivity contribution in [2.24, 2.45) is 0 Å². The molecule has 0 bridgehead atoms. The predicted octanol–water partition coefficient (Wildman–Crippen LogP) is 4.44. The van der Waals surface area contributed by atoms with Crippen LogP contribution in [0.1, 0.15) is 46.7 Å². The van der Waals surface area contributed by atoms with E-state index < -0.39 is 0 Å².